The minimum Gasteiger partial charge on any atom is -0.368 e. The minimum atomic E-state index is -1.20. The van der Waals surface area contributed by atoms with Crippen LogP contribution in [-0.2, 0) is 54.4 Å². The van der Waals surface area contributed by atoms with Crippen LogP contribution in [0.4, 0.5) is 0 Å². The Morgan fingerprint density at radius 2 is 0.968 bits per heavy atom. The van der Waals surface area contributed by atoms with Crippen molar-refractivity contribution in [1.29, 1.82) is 0 Å². The van der Waals surface area contributed by atoms with E-state index in [1.807, 2.05) is 27.7 Å². The number of primary amides is 1. The Morgan fingerprint density at radius 3 is 1.49 bits per heavy atom. The van der Waals surface area contributed by atoms with Gasteiger partial charge in [0, 0.05) is 12.8 Å². The lowest BCUT2D eigenvalue weighted by atomic mass is 9.99. The summed E-state index contributed by atoms with van der Waals surface area (Å²) in [7, 11) is 0. The molecule has 0 bridgehead atoms. The predicted molar refractivity (Wildman–Crippen MR) is 233 cm³/mol. The molecule has 63 heavy (non-hydrogen) atoms. The minimum absolute atomic E-state index is 0.0230. The van der Waals surface area contributed by atoms with Crippen LogP contribution in [-0.4, -0.2) is 123 Å². The average Bonchev–Trinajstić information content (AvgIpc) is 3.23. The van der Waals surface area contributed by atoms with Crippen molar-refractivity contribution in [3.8, 4) is 0 Å². The van der Waals surface area contributed by atoms with Gasteiger partial charge in [0.15, 0.2) is 0 Å². The maximum Gasteiger partial charge on any atom is 0.243 e. The molecule has 1 rings (SSSR count). The second kappa shape index (κ2) is 30.8. The number of rotatable bonds is 31. The van der Waals surface area contributed by atoms with Crippen molar-refractivity contribution in [3.05, 3.63) is 35.9 Å². The summed E-state index contributed by atoms with van der Waals surface area (Å²) in [5.41, 5.74) is 11.6. The van der Waals surface area contributed by atoms with Crippen molar-refractivity contribution in [2.75, 3.05) is 39.3 Å². The largest absolute Gasteiger partial charge is 0.368 e. The highest BCUT2D eigenvalue weighted by molar-refractivity contribution is 5.96. The molecule has 0 saturated heterocycles. The van der Waals surface area contributed by atoms with Crippen molar-refractivity contribution in [3.63, 3.8) is 0 Å². The Morgan fingerprint density at radius 1 is 0.508 bits per heavy atom. The molecule has 1 aromatic carbocycles. The van der Waals surface area contributed by atoms with Gasteiger partial charge in [0.05, 0.1) is 32.7 Å². The second-order valence-electron chi connectivity index (χ2n) is 15.9. The third kappa shape index (κ3) is 25.4. The molecule has 0 heterocycles. The van der Waals surface area contributed by atoms with E-state index in [1.54, 1.807) is 30.3 Å². The zero-order chi connectivity index (χ0) is 47.3. The highest BCUT2D eigenvalue weighted by Gasteiger charge is 2.31. The van der Waals surface area contributed by atoms with Gasteiger partial charge in [0.1, 0.15) is 24.2 Å². The summed E-state index contributed by atoms with van der Waals surface area (Å²) in [6.07, 6.45) is 4.40. The number of hydrogen-bond donors (Lipinski definition) is 11. The van der Waals surface area contributed by atoms with E-state index >= 15 is 0 Å². The SMILES string of the molecule is CCCCCCC(=O)NCC(=O)N[C@@H](Cc1ccccc1)C(=O)NCC(=O)NCC(=O)NCC(=O)N[C@@H](CCN)C(=O)N[C@H](CC(C)C)C(=O)N[C@@H](CC(C)C)C(=O)NCC(N)=O. The third-order valence-corrected chi connectivity index (χ3v) is 9.18. The summed E-state index contributed by atoms with van der Waals surface area (Å²) < 4.78 is 0. The van der Waals surface area contributed by atoms with Gasteiger partial charge in [-0.15, -0.1) is 0 Å². The fraction of sp³-hybridized carbons (Fsp3) is 0.619. The Bertz CT molecular complexity index is 1680. The van der Waals surface area contributed by atoms with E-state index in [-0.39, 0.29) is 62.9 Å². The lowest BCUT2D eigenvalue weighted by Gasteiger charge is -2.26. The van der Waals surface area contributed by atoms with Crippen molar-refractivity contribution < 1.29 is 47.9 Å². The monoisotopic (exact) mass is 888 g/mol. The van der Waals surface area contributed by atoms with E-state index in [9.17, 15) is 47.9 Å². The lowest BCUT2D eigenvalue weighted by molar-refractivity contribution is -0.134. The lowest BCUT2D eigenvalue weighted by Crippen LogP contribution is -2.58. The van der Waals surface area contributed by atoms with Gasteiger partial charge in [-0.3, -0.25) is 47.9 Å². The van der Waals surface area contributed by atoms with Gasteiger partial charge in [-0.05, 0) is 49.6 Å². The second-order valence-corrected chi connectivity index (χ2v) is 15.9. The number of carbonyl (C=O) groups is 10. The molecular formula is C42H69N11O10. The summed E-state index contributed by atoms with van der Waals surface area (Å²) in [6, 6.07) is 4.42. The molecule has 0 aliphatic heterocycles. The molecular weight excluding hydrogens is 819 g/mol. The third-order valence-electron chi connectivity index (χ3n) is 9.18. The summed E-state index contributed by atoms with van der Waals surface area (Å²) in [4.78, 5) is 126. The van der Waals surface area contributed by atoms with Gasteiger partial charge in [-0.1, -0.05) is 84.2 Å². The summed E-state index contributed by atoms with van der Waals surface area (Å²) >= 11 is 0. The molecule has 21 nitrogen and oxygen atoms in total. The molecule has 1 aromatic rings. The first-order chi connectivity index (χ1) is 29.8. The van der Waals surface area contributed by atoms with Crippen LogP contribution in [0.3, 0.4) is 0 Å². The van der Waals surface area contributed by atoms with Crippen molar-refractivity contribution in [2.45, 2.75) is 117 Å². The van der Waals surface area contributed by atoms with Crippen LogP contribution in [0.1, 0.15) is 91.5 Å². The zero-order valence-corrected chi connectivity index (χ0v) is 37.2. The van der Waals surface area contributed by atoms with Crippen LogP contribution in [0.2, 0.25) is 0 Å². The number of hydrogen-bond acceptors (Lipinski definition) is 11. The van der Waals surface area contributed by atoms with Crippen LogP contribution in [0, 0.1) is 11.8 Å². The van der Waals surface area contributed by atoms with Crippen molar-refractivity contribution >= 4 is 59.1 Å². The molecule has 10 amide bonds. The number of unbranched alkanes of at least 4 members (excludes halogenated alkanes) is 3. The van der Waals surface area contributed by atoms with Gasteiger partial charge >= 0.3 is 0 Å². The Balaban J connectivity index is 2.73. The standard InChI is InChI=1S/C42H69N11O10/c1-6-7-8-12-15-34(55)45-24-38(59)51-32(20-28-13-10-9-11-14-28)40(61)49-23-36(57)46-22-35(56)47-25-37(58)50-29(16-17-43)41(62)53-31(19-27(4)5)42(63)52-30(18-26(2)3)39(60)48-21-33(44)54/h9-11,13-14,26-27,29-32H,6-8,12,15-25,43H2,1-5H3,(H2,44,54)(H,45,55)(H,46,57)(H,47,56)(H,48,60)(H,49,61)(H,50,58)(H,51,59)(H,52,63)(H,53,62)/t29-,30-,31+,32-/m0/s1. The number of nitrogens with two attached hydrogens (primary N) is 2. The number of nitrogens with one attached hydrogen (secondary N) is 9. The van der Waals surface area contributed by atoms with Crippen LogP contribution in [0.5, 0.6) is 0 Å². The topological polar surface area (TPSA) is 331 Å². The molecule has 4 atom stereocenters. The first-order valence-corrected chi connectivity index (χ1v) is 21.4. The molecule has 0 saturated carbocycles. The highest BCUT2D eigenvalue weighted by atomic mass is 16.2. The molecule has 0 unspecified atom stereocenters. The average molecular weight is 888 g/mol. The number of carbonyl (C=O) groups excluding carboxylic acids is 10. The Hall–Kier alpha value is -6.12. The molecule has 0 aliphatic carbocycles. The maximum absolute atomic E-state index is 13.4. The fourth-order valence-electron chi connectivity index (χ4n) is 5.99. The summed E-state index contributed by atoms with van der Waals surface area (Å²) in [5.74, 6) is -6.72. The van der Waals surface area contributed by atoms with Gasteiger partial charge in [-0.2, -0.15) is 0 Å². The van der Waals surface area contributed by atoms with Crippen LogP contribution >= 0.6 is 0 Å². The van der Waals surface area contributed by atoms with E-state index < -0.39 is 104 Å². The molecule has 13 N–H and O–H groups in total. The molecule has 0 aromatic heterocycles. The predicted octanol–water partition coefficient (Wildman–Crippen LogP) is -2.35. The smallest absolute Gasteiger partial charge is 0.243 e. The first kappa shape index (κ1) is 54.9. The first-order valence-electron chi connectivity index (χ1n) is 21.4. The van der Waals surface area contributed by atoms with Crippen molar-refractivity contribution in [1.82, 2.24) is 47.9 Å². The molecule has 0 fully saturated rings. The van der Waals surface area contributed by atoms with E-state index in [0.717, 1.165) is 24.8 Å². The van der Waals surface area contributed by atoms with Crippen LogP contribution in [0.15, 0.2) is 30.3 Å². The van der Waals surface area contributed by atoms with Gasteiger partial charge in [0.25, 0.3) is 0 Å². The number of benzene rings is 1. The Kier molecular flexibility index (Phi) is 26.9. The van der Waals surface area contributed by atoms with E-state index in [0.29, 0.717) is 6.42 Å². The zero-order valence-electron chi connectivity index (χ0n) is 37.2. The number of amides is 10. The normalized spacial score (nSPS) is 12.7. The quantitative estimate of drug-likeness (QED) is 0.0351. The van der Waals surface area contributed by atoms with Gasteiger partial charge in [0.2, 0.25) is 59.1 Å². The molecule has 0 spiro atoms. The summed E-state index contributed by atoms with van der Waals surface area (Å²) in [5, 5.41) is 22.3. The van der Waals surface area contributed by atoms with Crippen molar-refractivity contribution in [2.24, 2.45) is 23.3 Å². The van der Waals surface area contributed by atoms with Crippen LogP contribution in [0.25, 0.3) is 0 Å². The maximum atomic E-state index is 13.4. The van der Waals surface area contributed by atoms with E-state index in [1.165, 1.54) is 0 Å². The molecule has 0 aliphatic rings. The van der Waals surface area contributed by atoms with E-state index in [4.69, 9.17) is 11.5 Å². The van der Waals surface area contributed by atoms with Crippen LogP contribution < -0.4 is 59.3 Å². The fourth-order valence-corrected chi connectivity index (χ4v) is 5.99. The summed E-state index contributed by atoms with van der Waals surface area (Å²) in [6.45, 7) is 6.90. The van der Waals surface area contributed by atoms with E-state index in [2.05, 4.69) is 54.8 Å². The van der Waals surface area contributed by atoms with Gasteiger partial charge in [-0.25, -0.2) is 0 Å². The molecule has 0 radical (unpaired) electrons. The molecule has 21 heteroatoms. The molecule has 352 valence electrons. The Labute approximate surface area is 369 Å². The van der Waals surface area contributed by atoms with Gasteiger partial charge < -0.3 is 59.3 Å². The highest BCUT2D eigenvalue weighted by Crippen LogP contribution is 2.10.